The monoisotopic (exact) mass is 276 g/mol. The average molecular weight is 276 g/mol. The zero-order valence-corrected chi connectivity index (χ0v) is 11.3. The number of anilines is 1. The third-order valence-corrected chi connectivity index (χ3v) is 4.01. The van der Waals surface area contributed by atoms with Gasteiger partial charge in [0.25, 0.3) is 0 Å². The Morgan fingerprint density at radius 3 is 2.65 bits per heavy atom. The maximum absolute atomic E-state index is 5.74. The number of hydrogen-bond acceptors (Lipinski definition) is 7. The summed E-state index contributed by atoms with van der Waals surface area (Å²) in [6, 6.07) is 0. The molecule has 0 bridgehead atoms. The normalized spacial score (nSPS) is 21.9. The Labute approximate surface area is 115 Å². The van der Waals surface area contributed by atoms with Crippen LogP contribution < -0.4 is 4.90 Å². The van der Waals surface area contributed by atoms with E-state index < -0.39 is 0 Å². The van der Waals surface area contributed by atoms with Crippen molar-refractivity contribution in [1.82, 2.24) is 25.0 Å². The van der Waals surface area contributed by atoms with E-state index in [2.05, 4.69) is 25.2 Å². The summed E-state index contributed by atoms with van der Waals surface area (Å²) in [6.07, 6.45) is 3.26. The van der Waals surface area contributed by atoms with E-state index >= 15 is 0 Å². The highest BCUT2D eigenvalue weighted by Crippen LogP contribution is 2.33. The predicted molar refractivity (Wildman–Crippen MR) is 70.2 cm³/mol. The van der Waals surface area contributed by atoms with Gasteiger partial charge in [0.1, 0.15) is 6.33 Å². The average Bonchev–Trinajstić information content (AvgIpc) is 3.08. The lowest BCUT2D eigenvalue weighted by Crippen LogP contribution is -2.45. The van der Waals surface area contributed by atoms with E-state index in [0.29, 0.717) is 13.2 Å². The minimum absolute atomic E-state index is 0.370. The molecule has 0 aromatic carbocycles. The molecule has 2 aliphatic heterocycles. The van der Waals surface area contributed by atoms with E-state index in [1.165, 1.54) is 0 Å². The number of nitrogens with zero attached hydrogens (tertiary/aromatic N) is 6. The number of aromatic nitrogens is 5. The van der Waals surface area contributed by atoms with Crippen molar-refractivity contribution < 1.29 is 9.47 Å². The lowest BCUT2D eigenvalue weighted by atomic mass is 10.0. The highest BCUT2D eigenvalue weighted by atomic mass is 16.7. The van der Waals surface area contributed by atoms with Crippen LogP contribution in [-0.4, -0.2) is 57.1 Å². The van der Waals surface area contributed by atoms with Gasteiger partial charge in [0, 0.05) is 33.0 Å². The van der Waals surface area contributed by atoms with E-state index in [4.69, 9.17) is 9.47 Å². The van der Waals surface area contributed by atoms with Gasteiger partial charge in [0.2, 0.25) is 0 Å². The van der Waals surface area contributed by atoms with Gasteiger partial charge in [-0.1, -0.05) is 5.21 Å². The fourth-order valence-electron chi connectivity index (χ4n) is 2.92. The van der Waals surface area contributed by atoms with Crippen molar-refractivity contribution in [1.29, 1.82) is 0 Å². The topological polar surface area (TPSA) is 78.2 Å². The maximum atomic E-state index is 5.74. The largest absolute Gasteiger partial charge is 0.354 e. The first-order valence-electron chi connectivity index (χ1n) is 6.81. The van der Waals surface area contributed by atoms with Gasteiger partial charge in [0.05, 0.1) is 13.2 Å². The number of ether oxygens (including phenoxy) is 2. The molecular weight excluding hydrogens is 260 g/mol. The summed E-state index contributed by atoms with van der Waals surface area (Å²) in [7, 11) is 1.83. The Balaban J connectivity index is 1.61. The molecule has 106 valence electrons. The highest BCUT2D eigenvalue weighted by molar-refractivity contribution is 5.82. The number of piperidine rings is 1. The molecule has 0 saturated carbocycles. The van der Waals surface area contributed by atoms with Crippen molar-refractivity contribution in [3.63, 3.8) is 0 Å². The molecule has 4 rings (SSSR count). The summed E-state index contributed by atoms with van der Waals surface area (Å²) >= 11 is 0. The third-order valence-electron chi connectivity index (χ3n) is 4.01. The van der Waals surface area contributed by atoms with Crippen LogP contribution in [0.1, 0.15) is 12.8 Å². The third kappa shape index (κ3) is 1.75. The van der Waals surface area contributed by atoms with Crippen LogP contribution in [0.5, 0.6) is 0 Å². The van der Waals surface area contributed by atoms with Gasteiger partial charge in [-0.25, -0.2) is 14.6 Å². The number of fused-ring (bicyclic) bond motifs is 1. The second kappa shape index (κ2) is 4.35. The first-order chi connectivity index (χ1) is 9.77. The second-order valence-electron chi connectivity index (χ2n) is 5.18. The Kier molecular flexibility index (Phi) is 2.61. The van der Waals surface area contributed by atoms with Gasteiger partial charge in [-0.15, -0.1) is 5.10 Å². The quantitative estimate of drug-likeness (QED) is 0.731. The minimum Gasteiger partial charge on any atom is -0.354 e. The Morgan fingerprint density at radius 1 is 1.15 bits per heavy atom. The van der Waals surface area contributed by atoms with Crippen LogP contribution in [0.3, 0.4) is 0 Å². The predicted octanol–water partition coefficient (Wildman–Crippen LogP) is 0.102. The maximum Gasteiger partial charge on any atom is 0.183 e. The van der Waals surface area contributed by atoms with E-state index in [0.717, 1.165) is 42.9 Å². The Bertz CT molecular complexity index is 626. The molecule has 4 heterocycles. The lowest BCUT2D eigenvalue weighted by molar-refractivity contribution is -0.169. The first kappa shape index (κ1) is 12.0. The first-order valence-corrected chi connectivity index (χ1v) is 6.81. The molecule has 0 atom stereocenters. The van der Waals surface area contributed by atoms with Crippen molar-refractivity contribution in [2.75, 3.05) is 31.2 Å². The Morgan fingerprint density at radius 2 is 1.90 bits per heavy atom. The molecule has 0 N–H and O–H groups in total. The summed E-state index contributed by atoms with van der Waals surface area (Å²) in [5.41, 5.74) is 1.50. The fourth-order valence-corrected chi connectivity index (χ4v) is 2.92. The molecule has 8 nitrogen and oxygen atoms in total. The van der Waals surface area contributed by atoms with Crippen LogP contribution in [0.15, 0.2) is 6.33 Å². The van der Waals surface area contributed by atoms with Crippen LogP contribution in [-0.2, 0) is 16.5 Å². The molecule has 20 heavy (non-hydrogen) atoms. The van der Waals surface area contributed by atoms with Gasteiger partial charge in [-0.3, -0.25) is 0 Å². The van der Waals surface area contributed by atoms with Crippen LogP contribution >= 0.6 is 0 Å². The van der Waals surface area contributed by atoms with Crippen molar-refractivity contribution >= 4 is 17.0 Å². The van der Waals surface area contributed by atoms with E-state index in [1.807, 2.05) is 7.05 Å². The summed E-state index contributed by atoms with van der Waals surface area (Å²) in [4.78, 5) is 10.8. The Hall–Kier alpha value is -1.80. The molecule has 2 aliphatic rings. The number of aryl methyl sites for hydroxylation is 1. The van der Waals surface area contributed by atoms with Gasteiger partial charge in [-0.2, -0.15) is 0 Å². The summed E-state index contributed by atoms with van der Waals surface area (Å²) in [6.45, 7) is 3.06. The second-order valence-corrected chi connectivity index (χ2v) is 5.18. The van der Waals surface area contributed by atoms with Crippen molar-refractivity contribution in [3.8, 4) is 0 Å². The van der Waals surface area contributed by atoms with Gasteiger partial charge in [-0.05, 0) is 0 Å². The van der Waals surface area contributed by atoms with Crippen LogP contribution in [0.2, 0.25) is 0 Å². The molecular formula is C12H16N6O2. The smallest absolute Gasteiger partial charge is 0.183 e. The molecule has 2 aromatic heterocycles. The van der Waals surface area contributed by atoms with Crippen molar-refractivity contribution in [3.05, 3.63) is 6.33 Å². The van der Waals surface area contributed by atoms with Gasteiger partial charge in [0.15, 0.2) is 22.8 Å². The summed E-state index contributed by atoms with van der Waals surface area (Å²) in [5.74, 6) is 0.473. The number of rotatable bonds is 1. The van der Waals surface area contributed by atoms with E-state index in [-0.39, 0.29) is 5.79 Å². The van der Waals surface area contributed by atoms with E-state index in [9.17, 15) is 0 Å². The van der Waals surface area contributed by atoms with Crippen molar-refractivity contribution in [2.45, 2.75) is 18.6 Å². The lowest BCUT2D eigenvalue weighted by Gasteiger charge is -2.37. The molecule has 0 aliphatic carbocycles. The van der Waals surface area contributed by atoms with Crippen LogP contribution in [0.25, 0.3) is 11.2 Å². The molecule has 0 radical (unpaired) electrons. The molecule has 2 saturated heterocycles. The fraction of sp³-hybridized carbons (Fsp3) is 0.667. The number of hydrogen-bond donors (Lipinski definition) is 0. The van der Waals surface area contributed by atoms with E-state index in [1.54, 1.807) is 11.0 Å². The van der Waals surface area contributed by atoms with Gasteiger partial charge >= 0.3 is 0 Å². The molecule has 2 aromatic rings. The van der Waals surface area contributed by atoms with Crippen LogP contribution in [0, 0.1) is 0 Å². The molecule has 8 heteroatoms. The standard InChI is InChI=1S/C12H16N6O2/c1-17-10-9(15-16-17)11(14-8-13-10)18-4-2-12(3-5-18)19-6-7-20-12/h8H,2-7H2,1H3. The molecule has 2 fully saturated rings. The van der Waals surface area contributed by atoms with Crippen LogP contribution in [0.4, 0.5) is 5.82 Å². The zero-order chi connectivity index (χ0) is 13.6. The molecule has 0 unspecified atom stereocenters. The summed E-state index contributed by atoms with van der Waals surface area (Å²) < 4.78 is 13.1. The van der Waals surface area contributed by atoms with Crippen molar-refractivity contribution in [2.24, 2.45) is 7.05 Å². The highest BCUT2D eigenvalue weighted by Gasteiger charge is 2.40. The summed E-state index contributed by atoms with van der Waals surface area (Å²) in [5, 5.41) is 8.18. The molecule has 1 spiro atoms. The minimum atomic E-state index is -0.370. The molecule has 0 amide bonds. The van der Waals surface area contributed by atoms with Gasteiger partial charge < -0.3 is 14.4 Å². The SMILES string of the molecule is Cn1nnc2c(N3CCC4(CC3)OCCO4)ncnc21. The zero-order valence-electron chi connectivity index (χ0n) is 11.3.